The van der Waals surface area contributed by atoms with Crippen LogP contribution in [0.5, 0.6) is 0 Å². The molecule has 2 aliphatic rings. The van der Waals surface area contributed by atoms with Crippen LogP contribution in [0.2, 0.25) is 0 Å². The fourth-order valence-electron chi connectivity index (χ4n) is 2.65. The second-order valence-electron chi connectivity index (χ2n) is 5.88. The van der Waals surface area contributed by atoms with Crippen LogP contribution < -0.4 is 10.6 Å². The highest BCUT2D eigenvalue weighted by atomic mass is 16.2. The number of nitrogens with zero attached hydrogens (tertiary/aromatic N) is 2. The summed E-state index contributed by atoms with van der Waals surface area (Å²) in [5, 5.41) is 6.40. The van der Waals surface area contributed by atoms with Crippen LogP contribution in [0.4, 0.5) is 0 Å². The lowest BCUT2D eigenvalue weighted by molar-refractivity contribution is -0.127. The molecule has 2 unspecified atom stereocenters. The minimum Gasteiger partial charge on any atom is -0.352 e. The smallest absolute Gasteiger partial charge is 0.237 e. The first-order chi connectivity index (χ1) is 9.11. The molecule has 0 aromatic carbocycles. The second-order valence-corrected chi connectivity index (χ2v) is 5.88. The Kier molecular flexibility index (Phi) is 5.19. The Labute approximate surface area is 116 Å². The predicted octanol–water partition coefficient (Wildman–Crippen LogP) is -0.121. The standard InChI is InChI=1S/C14H28N4O/c1-4-11(2)16-14(19)12(3)17-5-7-18(8-6-17)13-9-15-10-13/h11-13,15H,4-10H2,1-3H3,(H,16,19). The molecule has 19 heavy (non-hydrogen) atoms. The fraction of sp³-hybridized carbons (Fsp3) is 0.929. The molecule has 2 rings (SSSR count). The first kappa shape index (κ1) is 14.8. The zero-order valence-corrected chi connectivity index (χ0v) is 12.5. The van der Waals surface area contributed by atoms with E-state index >= 15 is 0 Å². The van der Waals surface area contributed by atoms with Crippen LogP contribution >= 0.6 is 0 Å². The van der Waals surface area contributed by atoms with Crippen molar-refractivity contribution < 1.29 is 4.79 Å². The number of carbonyl (C=O) groups excluding carboxylic acids is 1. The van der Waals surface area contributed by atoms with E-state index in [1.54, 1.807) is 0 Å². The summed E-state index contributed by atoms with van der Waals surface area (Å²) in [5.41, 5.74) is 0. The zero-order chi connectivity index (χ0) is 13.8. The molecule has 0 aliphatic carbocycles. The van der Waals surface area contributed by atoms with Crippen molar-refractivity contribution in [2.45, 2.75) is 45.3 Å². The SMILES string of the molecule is CCC(C)NC(=O)C(C)N1CCN(C2CNC2)CC1. The van der Waals surface area contributed by atoms with Crippen molar-refractivity contribution in [1.82, 2.24) is 20.4 Å². The maximum absolute atomic E-state index is 12.1. The average Bonchev–Trinajstić information content (AvgIpc) is 2.36. The molecule has 5 nitrogen and oxygen atoms in total. The van der Waals surface area contributed by atoms with Crippen LogP contribution in [0, 0.1) is 0 Å². The predicted molar refractivity (Wildman–Crippen MR) is 77.2 cm³/mol. The van der Waals surface area contributed by atoms with E-state index in [1.165, 1.54) is 0 Å². The molecule has 0 radical (unpaired) electrons. The van der Waals surface area contributed by atoms with Gasteiger partial charge in [0.15, 0.2) is 0 Å². The third-order valence-corrected chi connectivity index (χ3v) is 4.55. The molecule has 0 bridgehead atoms. The van der Waals surface area contributed by atoms with Crippen molar-refractivity contribution in [3.8, 4) is 0 Å². The molecular formula is C14H28N4O. The number of piperazine rings is 1. The van der Waals surface area contributed by atoms with E-state index in [2.05, 4.69) is 34.3 Å². The fourth-order valence-corrected chi connectivity index (χ4v) is 2.65. The highest BCUT2D eigenvalue weighted by Gasteiger charge is 2.30. The normalized spacial score (nSPS) is 25.6. The molecule has 2 fully saturated rings. The van der Waals surface area contributed by atoms with E-state index in [0.29, 0.717) is 0 Å². The van der Waals surface area contributed by atoms with Gasteiger partial charge in [0.2, 0.25) is 5.91 Å². The van der Waals surface area contributed by atoms with Gasteiger partial charge in [-0.25, -0.2) is 0 Å². The molecule has 0 spiro atoms. The molecule has 1 amide bonds. The number of nitrogens with one attached hydrogen (secondary N) is 2. The van der Waals surface area contributed by atoms with E-state index in [-0.39, 0.29) is 18.0 Å². The third kappa shape index (κ3) is 3.68. The number of rotatable bonds is 5. The van der Waals surface area contributed by atoms with Crippen molar-refractivity contribution in [1.29, 1.82) is 0 Å². The molecule has 2 N–H and O–H groups in total. The first-order valence-electron chi connectivity index (χ1n) is 7.61. The van der Waals surface area contributed by atoms with Gasteiger partial charge in [0, 0.05) is 51.4 Å². The van der Waals surface area contributed by atoms with Crippen LogP contribution in [0.1, 0.15) is 27.2 Å². The molecule has 0 saturated carbocycles. The minimum atomic E-state index is -0.00401. The molecule has 2 aliphatic heterocycles. The highest BCUT2D eigenvalue weighted by Crippen LogP contribution is 2.12. The largest absolute Gasteiger partial charge is 0.352 e. The third-order valence-electron chi connectivity index (χ3n) is 4.55. The summed E-state index contributed by atoms with van der Waals surface area (Å²) in [6.45, 7) is 12.6. The van der Waals surface area contributed by atoms with Crippen molar-refractivity contribution in [3.63, 3.8) is 0 Å². The van der Waals surface area contributed by atoms with E-state index in [4.69, 9.17) is 0 Å². The molecule has 0 aromatic heterocycles. The van der Waals surface area contributed by atoms with Crippen molar-refractivity contribution >= 4 is 5.91 Å². The van der Waals surface area contributed by atoms with Gasteiger partial charge >= 0.3 is 0 Å². The molecule has 0 aromatic rings. The Morgan fingerprint density at radius 2 is 1.89 bits per heavy atom. The van der Waals surface area contributed by atoms with E-state index in [1.807, 2.05) is 6.92 Å². The van der Waals surface area contributed by atoms with E-state index in [9.17, 15) is 4.79 Å². The summed E-state index contributed by atoms with van der Waals surface area (Å²) in [6.07, 6.45) is 0.987. The van der Waals surface area contributed by atoms with E-state index < -0.39 is 0 Å². The number of amides is 1. The van der Waals surface area contributed by atoms with Crippen LogP contribution in [0.15, 0.2) is 0 Å². The molecule has 2 atom stereocenters. The summed E-state index contributed by atoms with van der Waals surface area (Å²) in [5.74, 6) is 0.174. The maximum atomic E-state index is 12.1. The van der Waals surface area contributed by atoms with Crippen molar-refractivity contribution in [3.05, 3.63) is 0 Å². The number of carbonyl (C=O) groups is 1. The Bertz CT molecular complexity index is 298. The molecule has 2 heterocycles. The Morgan fingerprint density at radius 1 is 1.26 bits per heavy atom. The molecule has 110 valence electrons. The summed E-state index contributed by atoms with van der Waals surface area (Å²) in [7, 11) is 0. The van der Waals surface area contributed by atoms with E-state index in [0.717, 1.165) is 51.7 Å². The maximum Gasteiger partial charge on any atom is 0.237 e. The summed E-state index contributed by atoms with van der Waals surface area (Å²) in [4.78, 5) is 17.0. The van der Waals surface area contributed by atoms with Gasteiger partial charge in [0.1, 0.15) is 0 Å². The lowest BCUT2D eigenvalue weighted by Gasteiger charge is -2.44. The topological polar surface area (TPSA) is 47.6 Å². The molecule has 5 heteroatoms. The molecular weight excluding hydrogens is 240 g/mol. The van der Waals surface area contributed by atoms with Crippen LogP contribution in [-0.2, 0) is 4.79 Å². The summed E-state index contributed by atoms with van der Waals surface area (Å²) < 4.78 is 0. The Hall–Kier alpha value is -0.650. The van der Waals surface area contributed by atoms with Crippen LogP contribution in [-0.4, -0.2) is 73.1 Å². The summed E-state index contributed by atoms with van der Waals surface area (Å²) >= 11 is 0. The average molecular weight is 268 g/mol. The zero-order valence-electron chi connectivity index (χ0n) is 12.5. The highest BCUT2D eigenvalue weighted by molar-refractivity contribution is 5.81. The molecule has 2 saturated heterocycles. The van der Waals surface area contributed by atoms with Gasteiger partial charge in [-0.1, -0.05) is 6.92 Å². The second kappa shape index (κ2) is 6.68. The van der Waals surface area contributed by atoms with Gasteiger partial charge in [0.05, 0.1) is 6.04 Å². The van der Waals surface area contributed by atoms with Crippen molar-refractivity contribution in [2.75, 3.05) is 39.3 Å². The summed E-state index contributed by atoms with van der Waals surface area (Å²) in [6, 6.07) is 0.999. The Balaban J connectivity index is 1.74. The van der Waals surface area contributed by atoms with Gasteiger partial charge < -0.3 is 10.6 Å². The van der Waals surface area contributed by atoms with Gasteiger partial charge in [0.25, 0.3) is 0 Å². The van der Waals surface area contributed by atoms with Gasteiger partial charge in [-0.15, -0.1) is 0 Å². The number of hydrogen-bond donors (Lipinski definition) is 2. The van der Waals surface area contributed by atoms with Gasteiger partial charge in [-0.05, 0) is 20.3 Å². The first-order valence-corrected chi connectivity index (χ1v) is 7.61. The van der Waals surface area contributed by atoms with Crippen molar-refractivity contribution in [2.24, 2.45) is 0 Å². The Morgan fingerprint density at radius 3 is 2.37 bits per heavy atom. The van der Waals surface area contributed by atoms with Gasteiger partial charge in [-0.2, -0.15) is 0 Å². The lowest BCUT2D eigenvalue weighted by Crippen LogP contribution is -2.63. The minimum absolute atomic E-state index is 0.00401. The van der Waals surface area contributed by atoms with Crippen LogP contribution in [0.3, 0.4) is 0 Å². The van der Waals surface area contributed by atoms with Crippen LogP contribution in [0.25, 0.3) is 0 Å². The number of hydrogen-bond acceptors (Lipinski definition) is 4. The lowest BCUT2D eigenvalue weighted by atomic mass is 10.1. The quantitative estimate of drug-likeness (QED) is 0.730. The monoisotopic (exact) mass is 268 g/mol. The van der Waals surface area contributed by atoms with Gasteiger partial charge in [-0.3, -0.25) is 14.6 Å².